The molecule has 10 heteroatoms. The molecule has 0 aliphatic carbocycles. The molecule has 0 radical (unpaired) electrons. The fraction of sp³-hybridized carbons (Fsp3) is 0.424. The highest BCUT2D eigenvalue weighted by molar-refractivity contribution is 6.32. The predicted octanol–water partition coefficient (Wildman–Crippen LogP) is 5.49. The summed E-state index contributed by atoms with van der Waals surface area (Å²) in [6.07, 6.45) is 8.76. The molecule has 9 nitrogen and oxygen atoms in total. The number of hydrogen-bond donors (Lipinski definition) is 1. The average molecular weight is 602 g/mol. The highest BCUT2D eigenvalue weighted by atomic mass is 35.5. The number of halogens is 1. The Kier molecular flexibility index (Phi) is 7.50. The smallest absolute Gasteiger partial charge is 0.332 e. The van der Waals surface area contributed by atoms with Crippen LogP contribution in [0, 0.1) is 6.92 Å². The molecular weight excluding hydrogens is 562 g/mol. The third kappa shape index (κ3) is 5.08. The Morgan fingerprint density at radius 3 is 2.51 bits per heavy atom. The van der Waals surface area contributed by atoms with Gasteiger partial charge in [-0.3, -0.25) is 9.47 Å². The van der Waals surface area contributed by atoms with E-state index in [0.717, 1.165) is 54.4 Å². The molecule has 2 aliphatic heterocycles. The molecule has 0 amide bonds. The fourth-order valence-corrected chi connectivity index (χ4v) is 7.30. The van der Waals surface area contributed by atoms with Crippen LogP contribution in [0.3, 0.4) is 0 Å². The summed E-state index contributed by atoms with van der Waals surface area (Å²) >= 11 is 6.68. The van der Waals surface area contributed by atoms with Crippen LogP contribution in [0.2, 0.25) is 5.02 Å². The molecule has 6 rings (SSSR count). The number of aromatic hydroxyl groups is 1. The Morgan fingerprint density at radius 2 is 1.84 bits per heavy atom. The first-order chi connectivity index (χ1) is 20.5. The lowest BCUT2D eigenvalue weighted by molar-refractivity contribution is 0.120. The van der Waals surface area contributed by atoms with Crippen molar-refractivity contribution in [2.24, 2.45) is 7.05 Å². The predicted molar refractivity (Wildman–Crippen MR) is 174 cm³/mol. The third-order valence-corrected chi connectivity index (χ3v) is 9.38. The number of hydrogen-bond acceptors (Lipinski definition) is 7. The van der Waals surface area contributed by atoms with Crippen molar-refractivity contribution >= 4 is 23.1 Å². The summed E-state index contributed by atoms with van der Waals surface area (Å²) in [5.41, 5.74) is 5.00. The Bertz CT molecular complexity index is 1740. The van der Waals surface area contributed by atoms with Gasteiger partial charge in [0.05, 0.1) is 16.4 Å². The van der Waals surface area contributed by atoms with Gasteiger partial charge in [0.25, 0.3) is 0 Å². The minimum atomic E-state index is -0.183. The normalized spacial score (nSPS) is 18.8. The molecule has 43 heavy (non-hydrogen) atoms. The van der Waals surface area contributed by atoms with Gasteiger partial charge in [0.15, 0.2) is 5.82 Å². The van der Waals surface area contributed by atoms with Crippen LogP contribution in [0.25, 0.3) is 28.1 Å². The molecule has 1 atom stereocenters. The largest absolute Gasteiger partial charge is 0.505 e. The molecule has 4 aromatic rings. The zero-order valence-corrected chi connectivity index (χ0v) is 26.6. The molecule has 1 N–H and O–H groups in total. The van der Waals surface area contributed by atoms with E-state index in [9.17, 15) is 9.90 Å². The van der Waals surface area contributed by atoms with Crippen molar-refractivity contribution in [1.29, 1.82) is 0 Å². The molecule has 2 aliphatic rings. The zero-order valence-electron chi connectivity index (χ0n) is 25.8. The first-order valence-electron chi connectivity index (χ1n) is 14.9. The highest BCUT2D eigenvalue weighted by Gasteiger charge is 2.47. The quantitative estimate of drug-likeness (QED) is 0.313. The van der Waals surface area contributed by atoms with Crippen molar-refractivity contribution in [3.8, 4) is 33.8 Å². The minimum Gasteiger partial charge on any atom is -0.505 e. The monoisotopic (exact) mass is 601 g/mol. The van der Waals surface area contributed by atoms with Gasteiger partial charge in [0.2, 0.25) is 0 Å². The second kappa shape index (κ2) is 11.0. The van der Waals surface area contributed by atoms with Gasteiger partial charge in [-0.25, -0.2) is 14.8 Å². The van der Waals surface area contributed by atoms with Gasteiger partial charge in [-0.05, 0) is 76.4 Å². The van der Waals surface area contributed by atoms with E-state index in [2.05, 4.69) is 34.6 Å². The maximum atomic E-state index is 12.5. The molecule has 1 unspecified atom stereocenters. The molecular formula is C33H40ClN7O2. The van der Waals surface area contributed by atoms with Gasteiger partial charge in [0.1, 0.15) is 11.4 Å². The Balaban J connectivity index is 1.39. The number of imidazole rings is 1. The average Bonchev–Trinajstić information content (AvgIpc) is 3.69. The van der Waals surface area contributed by atoms with Gasteiger partial charge in [-0.15, -0.1) is 0 Å². The van der Waals surface area contributed by atoms with E-state index >= 15 is 0 Å². The van der Waals surface area contributed by atoms with Crippen LogP contribution < -0.4 is 15.5 Å². The maximum Gasteiger partial charge on any atom is 0.332 e. The van der Waals surface area contributed by atoms with Gasteiger partial charge in [-0.1, -0.05) is 17.7 Å². The summed E-state index contributed by atoms with van der Waals surface area (Å²) in [6, 6.07) is 9.93. The summed E-state index contributed by atoms with van der Waals surface area (Å²) in [4.78, 5) is 29.3. The Hall–Kier alpha value is -3.82. The number of anilines is 2. The SMILES string of the molecule is Cc1cc(-c2ccc(-n3ccn(C)c3=O)c(Cl)c2)c(O)c(-c2cnc(N(C)C)c(N3CCC4(CCCN4C(C)C)C3)c2)n1. The minimum absolute atomic E-state index is 0.0660. The third-order valence-electron chi connectivity index (χ3n) is 9.08. The lowest BCUT2D eigenvalue weighted by Crippen LogP contribution is -2.49. The second-order valence-electron chi connectivity index (χ2n) is 12.5. The number of aromatic nitrogens is 4. The van der Waals surface area contributed by atoms with Crippen LogP contribution in [0.15, 0.2) is 53.7 Å². The number of pyridine rings is 2. The van der Waals surface area contributed by atoms with Gasteiger partial charge < -0.3 is 19.5 Å². The van der Waals surface area contributed by atoms with Gasteiger partial charge in [0, 0.05) is 81.2 Å². The zero-order chi connectivity index (χ0) is 30.6. The van der Waals surface area contributed by atoms with Crippen molar-refractivity contribution in [2.45, 2.75) is 51.6 Å². The van der Waals surface area contributed by atoms with Crippen LogP contribution in [-0.2, 0) is 7.05 Å². The highest BCUT2D eigenvalue weighted by Crippen LogP contribution is 2.44. The molecule has 5 heterocycles. The molecule has 0 saturated carbocycles. The van der Waals surface area contributed by atoms with Crippen LogP contribution in [0.5, 0.6) is 5.75 Å². The molecule has 1 spiro atoms. The van der Waals surface area contributed by atoms with E-state index in [0.29, 0.717) is 28.0 Å². The topological polar surface area (TPSA) is 82.7 Å². The van der Waals surface area contributed by atoms with E-state index < -0.39 is 0 Å². The van der Waals surface area contributed by atoms with Gasteiger partial charge in [-0.2, -0.15) is 0 Å². The molecule has 2 fully saturated rings. The van der Waals surface area contributed by atoms with E-state index in [4.69, 9.17) is 21.6 Å². The van der Waals surface area contributed by atoms with E-state index in [-0.39, 0.29) is 17.0 Å². The Morgan fingerprint density at radius 1 is 1.05 bits per heavy atom. The second-order valence-corrected chi connectivity index (χ2v) is 12.9. The number of nitrogens with zero attached hydrogens (tertiary/aromatic N) is 7. The summed E-state index contributed by atoms with van der Waals surface area (Å²) < 4.78 is 3.00. The molecule has 3 aromatic heterocycles. The first kappa shape index (κ1) is 29.3. The summed E-state index contributed by atoms with van der Waals surface area (Å²) in [6.45, 7) is 9.60. The fourth-order valence-electron chi connectivity index (χ4n) is 7.02. The Labute approximate surface area is 258 Å². The van der Waals surface area contributed by atoms with Crippen molar-refractivity contribution < 1.29 is 5.11 Å². The summed E-state index contributed by atoms with van der Waals surface area (Å²) in [5, 5.41) is 12.0. The maximum absolute atomic E-state index is 12.5. The standard InChI is InChI=1S/C33H40ClN7O2/c1-21(2)41-12-7-10-33(41)11-13-39(20-33)28-18-24(19-35-31(28)37(4)5)29-30(42)25(16-22(3)36-29)23-8-9-27(26(34)17-23)40-15-14-38(6)32(40)43/h8-9,14-19,21,42H,7,10-13,20H2,1-6H3. The molecule has 226 valence electrons. The lowest BCUT2D eigenvalue weighted by Gasteiger charge is -2.38. The van der Waals surface area contributed by atoms with E-state index in [1.165, 1.54) is 22.0 Å². The van der Waals surface area contributed by atoms with Crippen LogP contribution >= 0.6 is 11.6 Å². The molecule has 0 bridgehead atoms. The molecule has 2 saturated heterocycles. The first-order valence-corrected chi connectivity index (χ1v) is 15.3. The molecule has 1 aromatic carbocycles. The number of benzene rings is 1. The lowest BCUT2D eigenvalue weighted by atomic mass is 9.94. The van der Waals surface area contributed by atoms with Crippen LogP contribution in [0.1, 0.15) is 38.8 Å². The summed E-state index contributed by atoms with van der Waals surface area (Å²) in [5.74, 6) is 0.970. The number of likely N-dealkylation sites (tertiary alicyclic amines) is 1. The van der Waals surface area contributed by atoms with Crippen molar-refractivity contribution in [2.75, 3.05) is 43.5 Å². The summed E-state index contributed by atoms with van der Waals surface area (Å²) in [7, 11) is 5.73. The van der Waals surface area contributed by atoms with Crippen molar-refractivity contribution in [1.82, 2.24) is 24.0 Å². The van der Waals surface area contributed by atoms with Crippen molar-refractivity contribution in [3.63, 3.8) is 0 Å². The van der Waals surface area contributed by atoms with E-state index in [1.807, 2.05) is 33.2 Å². The number of aryl methyl sites for hydroxylation is 2. The van der Waals surface area contributed by atoms with E-state index in [1.54, 1.807) is 37.8 Å². The van der Waals surface area contributed by atoms with Crippen molar-refractivity contribution in [3.05, 3.63) is 70.1 Å². The van der Waals surface area contributed by atoms with Gasteiger partial charge >= 0.3 is 5.69 Å². The van der Waals surface area contributed by atoms with Crippen LogP contribution in [0.4, 0.5) is 11.5 Å². The number of rotatable bonds is 6. The van der Waals surface area contributed by atoms with Crippen LogP contribution in [-0.4, -0.2) is 74.4 Å².